The molecule has 2 unspecified atom stereocenters. The Morgan fingerprint density at radius 3 is 2.47 bits per heavy atom. The lowest BCUT2D eigenvalue weighted by molar-refractivity contribution is -0.124. The Labute approximate surface area is 102 Å². The van der Waals surface area contributed by atoms with E-state index >= 15 is 0 Å². The van der Waals surface area contributed by atoms with Crippen molar-refractivity contribution in [2.45, 2.75) is 34.1 Å². The zero-order chi connectivity index (χ0) is 13.2. The number of nitrogens with zero attached hydrogens (tertiary/aromatic N) is 1. The Morgan fingerprint density at radius 1 is 1.59 bits per heavy atom. The third-order valence-corrected chi connectivity index (χ3v) is 3.62. The highest BCUT2D eigenvalue weighted by atomic mass is 16.4. The molecule has 0 spiro atoms. The summed E-state index contributed by atoms with van der Waals surface area (Å²) in [5.41, 5.74) is 5.88. The fraction of sp³-hybridized carbons (Fsp3) is 0.833. The number of carbonyl (C=O) groups excluding carboxylic acids is 1. The number of nitrogens with one attached hydrogen (secondary N) is 1. The largest absolute Gasteiger partial charge is 0.409 e. The van der Waals surface area contributed by atoms with Crippen LogP contribution >= 0.6 is 0 Å². The van der Waals surface area contributed by atoms with Crippen LogP contribution in [0.15, 0.2) is 5.16 Å². The molecule has 17 heavy (non-hydrogen) atoms. The molecule has 0 aromatic heterocycles. The second-order valence-electron chi connectivity index (χ2n) is 5.88. The minimum absolute atomic E-state index is 0.0121. The third kappa shape index (κ3) is 3.35. The standard InChI is InChI=1S/C12H23N3O2/c1-7(2)9(10(13)15-17)11(16)14-6-8-5-12(8,3)4/h7-9,17H,5-6H2,1-4H3,(H2,13,15)(H,14,16). The van der Waals surface area contributed by atoms with Crippen molar-refractivity contribution in [3.05, 3.63) is 0 Å². The van der Waals surface area contributed by atoms with Gasteiger partial charge in [0.15, 0.2) is 5.84 Å². The maximum atomic E-state index is 11.9. The summed E-state index contributed by atoms with van der Waals surface area (Å²) >= 11 is 0. The Morgan fingerprint density at radius 2 is 2.12 bits per heavy atom. The van der Waals surface area contributed by atoms with Gasteiger partial charge < -0.3 is 16.3 Å². The SMILES string of the molecule is CC(C)C(C(=O)NCC1CC1(C)C)C(N)=NO. The van der Waals surface area contributed by atoms with Crippen molar-refractivity contribution in [2.75, 3.05) is 6.54 Å². The predicted molar refractivity (Wildman–Crippen MR) is 66.6 cm³/mol. The van der Waals surface area contributed by atoms with E-state index in [9.17, 15) is 4.79 Å². The van der Waals surface area contributed by atoms with Crippen molar-refractivity contribution in [3.8, 4) is 0 Å². The quantitative estimate of drug-likeness (QED) is 0.292. The first kappa shape index (κ1) is 13.8. The number of oxime groups is 1. The van der Waals surface area contributed by atoms with Crippen LogP contribution in [0.3, 0.4) is 0 Å². The molecule has 1 aliphatic carbocycles. The molecule has 1 saturated carbocycles. The second-order valence-corrected chi connectivity index (χ2v) is 5.88. The van der Waals surface area contributed by atoms with Crippen LogP contribution in [-0.2, 0) is 4.79 Å². The van der Waals surface area contributed by atoms with E-state index in [0.717, 1.165) is 6.42 Å². The fourth-order valence-electron chi connectivity index (χ4n) is 2.10. The summed E-state index contributed by atoms with van der Waals surface area (Å²) in [6.07, 6.45) is 1.14. The zero-order valence-electron chi connectivity index (χ0n) is 11.0. The van der Waals surface area contributed by atoms with Gasteiger partial charge in [-0.15, -0.1) is 0 Å². The van der Waals surface area contributed by atoms with Crippen LogP contribution in [0.25, 0.3) is 0 Å². The molecule has 4 N–H and O–H groups in total. The first-order chi connectivity index (χ1) is 7.79. The number of amidine groups is 1. The molecule has 5 heteroatoms. The summed E-state index contributed by atoms with van der Waals surface area (Å²) in [5, 5.41) is 14.5. The van der Waals surface area contributed by atoms with E-state index in [1.165, 1.54) is 0 Å². The number of amides is 1. The van der Waals surface area contributed by atoms with Crippen LogP contribution in [0.5, 0.6) is 0 Å². The minimum Gasteiger partial charge on any atom is -0.409 e. The highest BCUT2D eigenvalue weighted by molar-refractivity contribution is 6.02. The van der Waals surface area contributed by atoms with Gasteiger partial charge >= 0.3 is 0 Å². The molecule has 98 valence electrons. The normalized spacial score (nSPS) is 24.5. The lowest BCUT2D eigenvalue weighted by atomic mass is 9.94. The van der Waals surface area contributed by atoms with E-state index in [-0.39, 0.29) is 17.7 Å². The van der Waals surface area contributed by atoms with E-state index in [4.69, 9.17) is 10.9 Å². The Kier molecular flexibility index (Phi) is 4.01. The Balaban J connectivity index is 2.49. The van der Waals surface area contributed by atoms with Crippen molar-refractivity contribution in [2.24, 2.45) is 34.1 Å². The molecule has 0 heterocycles. The average Bonchev–Trinajstić information content (AvgIpc) is 2.83. The van der Waals surface area contributed by atoms with Gasteiger partial charge in [-0.3, -0.25) is 4.79 Å². The topological polar surface area (TPSA) is 87.7 Å². The number of rotatable bonds is 5. The molecule has 0 aliphatic heterocycles. The van der Waals surface area contributed by atoms with Gasteiger partial charge in [-0.05, 0) is 23.7 Å². The number of hydrogen-bond donors (Lipinski definition) is 3. The van der Waals surface area contributed by atoms with Crippen LogP contribution in [-0.4, -0.2) is 23.5 Å². The van der Waals surface area contributed by atoms with Gasteiger partial charge in [0.05, 0.1) is 0 Å². The van der Waals surface area contributed by atoms with Gasteiger partial charge in [0.25, 0.3) is 0 Å². The summed E-state index contributed by atoms with van der Waals surface area (Å²) in [5.74, 6) is -0.169. The zero-order valence-corrected chi connectivity index (χ0v) is 11.0. The number of nitrogens with two attached hydrogens (primary N) is 1. The molecule has 1 amide bonds. The van der Waals surface area contributed by atoms with Crippen molar-refractivity contribution >= 4 is 11.7 Å². The molecule has 0 aromatic rings. The Hall–Kier alpha value is -1.26. The summed E-state index contributed by atoms with van der Waals surface area (Å²) < 4.78 is 0. The van der Waals surface area contributed by atoms with Crippen LogP contribution in [0, 0.1) is 23.2 Å². The minimum atomic E-state index is -0.554. The lowest BCUT2D eigenvalue weighted by Crippen LogP contribution is -2.42. The molecular weight excluding hydrogens is 218 g/mol. The van der Waals surface area contributed by atoms with Gasteiger partial charge in [-0.2, -0.15) is 0 Å². The molecule has 0 saturated heterocycles. The first-order valence-corrected chi connectivity index (χ1v) is 6.04. The second kappa shape index (κ2) is 4.94. The number of carbonyl (C=O) groups is 1. The molecule has 0 radical (unpaired) electrons. The van der Waals surface area contributed by atoms with E-state index in [1.807, 2.05) is 13.8 Å². The molecule has 2 atom stereocenters. The Bertz CT molecular complexity index is 324. The van der Waals surface area contributed by atoms with Gasteiger partial charge in [0.1, 0.15) is 5.92 Å². The molecule has 0 aromatic carbocycles. The van der Waals surface area contributed by atoms with Crippen LogP contribution in [0.2, 0.25) is 0 Å². The van der Waals surface area contributed by atoms with Gasteiger partial charge in [0.2, 0.25) is 5.91 Å². The van der Waals surface area contributed by atoms with E-state index in [1.54, 1.807) is 0 Å². The monoisotopic (exact) mass is 241 g/mol. The van der Waals surface area contributed by atoms with Crippen molar-refractivity contribution in [1.29, 1.82) is 0 Å². The van der Waals surface area contributed by atoms with Crippen molar-refractivity contribution in [1.82, 2.24) is 5.32 Å². The smallest absolute Gasteiger partial charge is 0.231 e. The van der Waals surface area contributed by atoms with E-state index in [2.05, 4.69) is 24.3 Å². The van der Waals surface area contributed by atoms with Gasteiger partial charge in [-0.1, -0.05) is 32.9 Å². The molecule has 1 rings (SSSR count). The van der Waals surface area contributed by atoms with Crippen LogP contribution in [0.1, 0.15) is 34.1 Å². The summed E-state index contributed by atoms with van der Waals surface area (Å²) in [6.45, 7) is 8.81. The summed E-state index contributed by atoms with van der Waals surface area (Å²) in [7, 11) is 0. The fourth-order valence-corrected chi connectivity index (χ4v) is 2.10. The molecular formula is C12H23N3O2. The molecule has 5 nitrogen and oxygen atoms in total. The highest BCUT2D eigenvalue weighted by Gasteiger charge is 2.45. The molecule has 1 aliphatic rings. The molecule has 0 bridgehead atoms. The molecule has 1 fully saturated rings. The van der Waals surface area contributed by atoms with Crippen molar-refractivity contribution in [3.63, 3.8) is 0 Å². The van der Waals surface area contributed by atoms with E-state index < -0.39 is 5.92 Å². The van der Waals surface area contributed by atoms with E-state index in [0.29, 0.717) is 17.9 Å². The van der Waals surface area contributed by atoms with Crippen molar-refractivity contribution < 1.29 is 10.0 Å². The van der Waals surface area contributed by atoms with Gasteiger partial charge in [0, 0.05) is 6.54 Å². The first-order valence-electron chi connectivity index (χ1n) is 6.04. The summed E-state index contributed by atoms with van der Waals surface area (Å²) in [4.78, 5) is 11.9. The average molecular weight is 241 g/mol. The number of hydrogen-bond acceptors (Lipinski definition) is 3. The highest BCUT2D eigenvalue weighted by Crippen LogP contribution is 2.50. The third-order valence-electron chi connectivity index (χ3n) is 3.62. The lowest BCUT2D eigenvalue weighted by Gasteiger charge is -2.19. The van der Waals surface area contributed by atoms with Gasteiger partial charge in [-0.25, -0.2) is 0 Å². The maximum Gasteiger partial charge on any atom is 0.231 e. The van der Waals surface area contributed by atoms with Crippen LogP contribution in [0.4, 0.5) is 0 Å². The predicted octanol–water partition coefficient (Wildman–Crippen LogP) is 1.17. The maximum absolute atomic E-state index is 11.9. The van der Waals surface area contributed by atoms with Crippen LogP contribution < -0.4 is 11.1 Å². The summed E-state index contributed by atoms with van der Waals surface area (Å²) in [6, 6.07) is 0.